The highest BCUT2D eigenvalue weighted by atomic mass is 35.5. The van der Waals surface area contributed by atoms with Crippen LogP contribution in [-0.4, -0.2) is 18.5 Å². The van der Waals surface area contributed by atoms with E-state index in [9.17, 15) is 4.79 Å². The summed E-state index contributed by atoms with van der Waals surface area (Å²) in [5.41, 5.74) is 5.58. The van der Waals surface area contributed by atoms with Crippen molar-refractivity contribution in [3.63, 3.8) is 0 Å². The summed E-state index contributed by atoms with van der Waals surface area (Å²) in [4.78, 5) is 11.3. The number of halogens is 1. The normalized spacial score (nSPS) is 25.7. The molecule has 0 atom stereocenters. The second-order valence-corrected chi connectivity index (χ2v) is 3.57. The second-order valence-electron chi connectivity index (χ2n) is 3.57. The molecule has 13 heavy (non-hydrogen) atoms. The van der Waals surface area contributed by atoms with Crippen molar-refractivity contribution in [3.05, 3.63) is 0 Å². The predicted molar refractivity (Wildman–Crippen MR) is 55.9 cm³/mol. The highest BCUT2D eigenvalue weighted by molar-refractivity contribution is 5.85. The van der Waals surface area contributed by atoms with Crippen LogP contribution in [0.25, 0.3) is 0 Å². The van der Waals surface area contributed by atoms with Gasteiger partial charge >= 0.3 is 0 Å². The molecule has 1 aliphatic rings. The van der Waals surface area contributed by atoms with Gasteiger partial charge in [0.1, 0.15) is 0 Å². The SMILES string of the molecule is CCCCNC(=O)C1CC(N)C1.Cl. The van der Waals surface area contributed by atoms with Crippen LogP contribution in [0.5, 0.6) is 0 Å². The largest absolute Gasteiger partial charge is 0.356 e. The molecule has 0 aromatic heterocycles. The summed E-state index contributed by atoms with van der Waals surface area (Å²) >= 11 is 0. The number of hydrogen-bond acceptors (Lipinski definition) is 2. The Balaban J connectivity index is 0.00000144. The van der Waals surface area contributed by atoms with E-state index in [1.54, 1.807) is 0 Å². The Kier molecular flexibility index (Phi) is 6.08. The molecule has 0 aromatic rings. The fourth-order valence-electron chi connectivity index (χ4n) is 1.41. The molecule has 0 unspecified atom stereocenters. The van der Waals surface area contributed by atoms with Crippen LogP contribution in [-0.2, 0) is 4.79 Å². The Bertz CT molecular complexity index is 158. The number of rotatable bonds is 4. The van der Waals surface area contributed by atoms with E-state index in [4.69, 9.17) is 5.73 Å². The number of amides is 1. The van der Waals surface area contributed by atoms with E-state index >= 15 is 0 Å². The lowest BCUT2D eigenvalue weighted by atomic mass is 9.80. The molecule has 1 amide bonds. The average molecular weight is 207 g/mol. The van der Waals surface area contributed by atoms with E-state index in [0.717, 1.165) is 32.2 Å². The van der Waals surface area contributed by atoms with Crippen LogP contribution in [0.3, 0.4) is 0 Å². The maximum Gasteiger partial charge on any atom is 0.223 e. The van der Waals surface area contributed by atoms with Crippen LogP contribution >= 0.6 is 12.4 Å². The molecule has 1 saturated carbocycles. The lowest BCUT2D eigenvalue weighted by Gasteiger charge is -2.31. The summed E-state index contributed by atoms with van der Waals surface area (Å²) in [7, 11) is 0. The molecule has 1 fully saturated rings. The molecule has 0 aromatic carbocycles. The monoisotopic (exact) mass is 206 g/mol. The first-order valence-corrected chi connectivity index (χ1v) is 4.77. The van der Waals surface area contributed by atoms with Gasteiger partial charge in [-0.1, -0.05) is 13.3 Å². The van der Waals surface area contributed by atoms with Gasteiger partial charge in [0.25, 0.3) is 0 Å². The van der Waals surface area contributed by atoms with Crippen molar-refractivity contribution in [1.82, 2.24) is 5.32 Å². The zero-order valence-corrected chi connectivity index (χ0v) is 8.90. The Labute approximate surface area is 85.9 Å². The average Bonchev–Trinajstić information content (AvgIpc) is 1.99. The molecule has 0 heterocycles. The van der Waals surface area contributed by atoms with Gasteiger partial charge in [0, 0.05) is 18.5 Å². The number of nitrogens with two attached hydrogens (primary N) is 1. The minimum Gasteiger partial charge on any atom is -0.356 e. The summed E-state index contributed by atoms with van der Waals surface area (Å²) in [5.74, 6) is 0.405. The van der Waals surface area contributed by atoms with Gasteiger partial charge in [-0.15, -0.1) is 12.4 Å². The van der Waals surface area contributed by atoms with Gasteiger partial charge in [-0.2, -0.15) is 0 Å². The van der Waals surface area contributed by atoms with E-state index in [2.05, 4.69) is 12.2 Å². The van der Waals surface area contributed by atoms with Crippen LogP contribution in [0.1, 0.15) is 32.6 Å². The van der Waals surface area contributed by atoms with Crippen LogP contribution in [0.15, 0.2) is 0 Å². The molecule has 1 aliphatic carbocycles. The molecule has 0 aliphatic heterocycles. The van der Waals surface area contributed by atoms with Gasteiger partial charge in [-0.3, -0.25) is 4.79 Å². The Morgan fingerprint density at radius 3 is 2.62 bits per heavy atom. The molecule has 0 bridgehead atoms. The van der Waals surface area contributed by atoms with Crippen molar-refractivity contribution in [1.29, 1.82) is 0 Å². The molecule has 78 valence electrons. The topological polar surface area (TPSA) is 55.1 Å². The highest BCUT2D eigenvalue weighted by Gasteiger charge is 2.31. The maximum atomic E-state index is 11.3. The zero-order chi connectivity index (χ0) is 8.97. The Hall–Kier alpha value is -0.280. The fraction of sp³-hybridized carbons (Fsp3) is 0.889. The smallest absolute Gasteiger partial charge is 0.223 e. The first-order valence-electron chi connectivity index (χ1n) is 4.77. The number of carbonyl (C=O) groups is 1. The zero-order valence-electron chi connectivity index (χ0n) is 8.08. The molecule has 4 heteroatoms. The van der Waals surface area contributed by atoms with Crippen LogP contribution in [0.2, 0.25) is 0 Å². The third-order valence-corrected chi connectivity index (χ3v) is 2.37. The number of carbonyl (C=O) groups excluding carboxylic acids is 1. The summed E-state index contributed by atoms with van der Waals surface area (Å²) in [6.07, 6.45) is 3.95. The van der Waals surface area contributed by atoms with Gasteiger partial charge in [-0.05, 0) is 19.3 Å². The lowest BCUT2D eigenvalue weighted by Crippen LogP contribution is -2.45. The van der Waals surface area contributed by atoms with Crippen molar-refractivity contribution in [2.45, 2.75) is 38.6 Å². The Morgan fingerprint density at radius 1 is 1.54 bits per heavy atom. The van der Waals surface area contributed by atoms with Crippen LogP contribution in [0, 0.1) is 5.92 Å². The molecular weight excluding hydrogens is 188 g/mol. The van der Waals surface area contributed by atoms with E-state index in [1.165, 1.54) is 0 Å². The van der Waals surface area contributed by atoms with Gasteiger partial charge in [0.05, 0.1) is 0 Å². The Morgan fingerprint density at radius 2 is 2.15 bits per heavy atom. The molecule has 3 N–H and O–H groups in total. The first-order chi connectivity index (χ1) is 5.74. The summed E-state index contributed by atoms with van der Waals surface area (Å²) in [6.45, 7) is 2.94. The predicted octanol–water partition coefficient (Wildman–Crippen LogP) is 1.06. The summed E-state index contributed by atoms with van der Waals surface area (Å²) in [6, 6.07) is 0.270. The number of unbranched alkanes of at least 4 members (excludes halogenated alkanes) is 1. The van der Waals surface area contributed by atoms with E-state index in [1.807, 2.05) is 0 Å². The van der Waals surface area contributed by atoms with Gasteiger partial charge in [0.2, 0.25) is 5.91 Å². The van der Waals surface area contributed by atoms with Crippen molar-refractivity contribution in [2.24, 2.45) is 11.7 Å². The molecule has 0 saturated heterocycles. The standard InChI is InChI=1S/C9H18N2O.ClH/c1-2-3-4-11-9(12)7-5-8(10)6-7;/h7-8H,2-6,10H2,1H3,(H,11,12);1H. The minimum absolute atomic E-state index is 0. The highest BCUT2D eigenvalue weighted by Crippen LogP contribution is 2.25. The third kappa shape index (κ3) is 3.96. The van der Waals surface area contributed by atoms with E-state index in [-0.39, 0.29) is 30.3 Å². The molecule has 0 radical (unpaired) electrons. The van der Waals surface area contributed by atoms with E-state index in [0.29, 0.717) is 0 Å². The van der Waals surface area contributed by atoms with Gasteiger partial charge in [-0.25, -0.2) is 0 Å². The quantitative estimate of drug-likeness (QED) is 0.676. The van der Waals surface area contributed by atoms with E-state index < -0.39 is 0 Å². The maximum absolute atomic E-state index is 11.3. The van der Waals surface area contributed by atoms with Crippen molar-refractivity contribution < 1.29 is 4.79 Å². The lowest BCUT2D eigenvalue weighted by molar-refractivity contribution is -0.127. The third-order valence-electron chi connectivity index (χ3n) is 2.37. The molecule has 0 spiro atoms. The first kappa shape index (κ1) is 12.7. The van der Waals surface area contributed by atoms with Crippen molar-refractivity contribution >= 4 is 18.3 Å². The summed E-state index contributed by atoms with van der Waals surface area (Å²) in [5, 5.41) is 2.91. The van der Waals surface area contributed by atoms with Gasteiger partial charge < -0.3 is 11.1 Å². The van der Waals surface area contributed by atoms with Crippen molar-refractivity contribution in [3.8, 4) is 0 Å². The van der Waals surface area contributed by atoms with Crippen LogP contribution < -0.4 is 11.1 Å². The molecule has 3 nitrogen and oxygen atoms in total. The fourth-order valence-corrected chi connectivity index (χ4v) is 1.41. The second kappa shape index (κ2) is 6.22. The van der Waals surface area contributed by atoms with Crippen LogP contribution in [0.4, 0.5) is 0 Å². The molecule has 1 rings (SSSR count). The summed E-state index contributed by atoms with van der Waals surface area (Å²) < 4.78 is 0. The number of hydrogen-bond donors (Lipinski definition) is 2. The van der Waals surface area contributed by atoms with Crippen molar-refractivity contribution in [2.75, 3.05) is 6.54 Å². The van der Waals surface area contributed by atoms with Gasteiger partial charge in [0.15, 0.2) is 0 Å². The molecular formula is C9H19ClN2O. The number of nitrogens with one attached hydrogen (secondary N) is 1. The minimum atomic E-state index is 0.